The molecule has 0 unspecified atom stereocenters. The lowest BCUT2D eigenvalue weighted by atomic mass is 9.96. The highest BCUT2D eigenvalue weighted by molar-refractivity contribution is 6.15. The van der Waals surface area contributed by atoms with Gasteiger partial charge in [-0.2, -0.15) is 0 Å². The fourth-order valence-corrected chi connectivity index (χ4v) is 8.57. The Morgan fingerprint density at radius 3 is 1.89 bits per heavy atom. The van der Waals surface area contributed by atoms with E-state index >= 15 is 0 Å². The van der Waals surface area contributed by atoms with Crippen molar-refractivity contribution in [3.8, 4) is 62.1 Å². The summed E-state index contributed by atoms with van der Waals surface area (Å²) in [5.41, 5.74) is 6.27. The summed E-state index contributed by atoms with van der Waals surface area (Å²) in [5.74, 6) is 0.456. The minimum Gasteiger partial charge on any atom is -0.456 e. The highest BCUT2D eigenvalue weighted by atomic mass is 16.3. The van der Waals surface area contributed by atoms with Crippen LogP contribution in [-0.2, 0) is 0 Å². The normalized spacial score (nSPS) is 14.3. The second-order valence-corrected chi connectivity index (χ2v) is 15.1. The molecule has 0 radical (unpaired) electrons. The Balaban J connectivity index is 1.00. The summed E-state index contributed by atoms with van der Waals surface area (Å²) in [4.78, 5) is 14.7. The van der Waals surface area contributed by atoms with E-state index in [0.717, 1.165) is 33.0 Å². The number of hydrogen-bond donors (Lipinski definition) is 0. The summed E-state index contributed by atoms with van der Waals surface area (Å²) >= 11 is 0. The number of rotatable bonds is 6. The molecule has 0 saturated heterocycles. The Morgan fingerprint density at radius 2 is 1.05 bits per heavy atom. The maximum atomic E-state index is 9.73. The van der Waals surface area contributed by atoms with Crippen LogP contribution >= 0.6 is 0 Å². The van der Waals surface area contributed by atoms with Gasteiger partial charge in [0, 0.05) is 43.6 Å². The Bertz CT molecular complexity index is 4560. The van der Waals surface area contributed by atoms with Crippen molar-refractivity contribution in [3.05, 3.63) is 206 Å². The molecule has 63 heavy (non-hydrogen) atoms. The van der Waals surface area contributed by atoms with Crippen molar-refractivity contribution >= 4 is 65.7 Å². The topological polar surface area (TPSA) is 69.9 Å². The van der Waals surface area contributed by atoms with Crippen LogP contribution in [0.4, 0.5) is 0 Å². The van der Waals surface area contributed by atoms with E-state index in [2.05, 4.69) is 42.5 Å². The molecule has 0 saturated carbocycles. The van der Waals surface area contributed by atoms with Gasteiger partial charge in [-0.1, -0.05) is 151 Å². The van der Waals surface area contributed by atoms with E-state index < -0.39 is 42.3 Å². The molecule has 9 aromatic carbocycles. The zero-order valence-corrected chi connectivity index (χ0v) is 32.9. The first kappa shape index (κ1) is 25.9. The molecule has 4 aromatic heterocycles. The van der Waals surface area contributed by atoms with E-state index in [1.54, 1.807) is 0 Å². The van der Waals surface area contributed by atoms with Gasteiger partial charge in [0.2, 0.25) is 0 Å². The van der Waals surface area contributed by atoms with Crippen LogP contribution in [0, 0.1) is 0 Å². The summed E-state index contributed by atoms with van der Waals surface area (Å²) in [6.45, 7) is 0. The first-order valence-electron chi connectivity index (χ1n) is 25.7. The molecule has 0 bridgehead atoms. The number of para-hydroxylation sites is 2. The van der Waals surface area contributed by atoms with E-state index in [1.807, 2.05) is 78.9 Å². The molecular weight excluding hydrogens is 773 g/mol. The number of furan rings is 2. The molecule has 0 atom stereocenters. The SMILES string of the molecule is [2H]c1cc2c(oc3c([2H])c([2H])c([2H])c(-n4c5ccc([2H])c([2H])c5c5c([2H])c([2H])c([2H])c([2H])c54)c32)c([2H])c1-c1nc(-c2ccccc2)nc(-c2ccc3c(c2)oc2cccc(-c4ccc(-c5ccccc5)cc4)c23)n1. The number of hydrogen-bond acceptors (Lipinski definition) is 5. The fraction of sp³-hybridized carbons (Fsp3) is 0. The molecule has 6 nitrogen and oxygen atoms in total. The van der Waals surface area contributed by atoms with Gasteiger partial charge in [0.15, 0.2) is 17.5 Å². The van der Waals surface area contributed by atoms with Crippen LogP contribution in [0.3, 0.4) is 0 Å². The minimum atomic E-state index is -0.585. The van der Waals surface area contributed by atoms with Crippen LogP contribution in [0.1, 0.15) is 15.1 Å². The number of nitrogens with zero attached hydrogens (tertiary/aromatic N) is 4. The van der Waals surface area contributed by atoms with Crippen molar-refractivity contribution in [3.63, 3.8) is 0 Å². The van der Waals surface area contributed by atoms with Crippen LogP contribution in [0.25, 0.3) is 128 Å². The lowest BCUT2D eigenvalue weighted by Crippen LogP contribution is -2.00. The molecule has 0 fully saturated rings. The van der Waals surface area contributed by atoms with Gasteiger partial charge in [0.1, 0.15) is 22.3 Å². The average Bonchev–Trinajstić information content (AvgIpc) is 4.11. The molecule has 0 spiro atoms. The van der Waals surface area contributed by atoms with Gasteiger partial charge in [-0.15, -0.1) is 0 Å². The molecule has 0 aliphatic carbocycles. The van der Waals surface area contributed by atoms with Gasteiger partial charge in [-0.3, -0.25) is 0 Å². The highest BCUT2D eigenvalue weighted by Crippen LogP contribution is 2.41. The van der Waals surface area contributed by atoms with Crippen LogP contribution in [0.5, 0.6) is 0 Å². The Hall–Kier alpha value is -8.61. The monoisotopic (exact) mass is 817 g/mol. The first-order chi connectivity index (χ1) is 35.8. The van der Waals surface area contributed by atoms with Gasteiger partial charge in [-0.25, -0.2) is 15.0 Å². The molecule has 0 aliphatic rings. The van der Waals surface area contributed by atoms with Crippen LogP contribution in [0.2, 0.25) is 0 Å². The Kier molecular flexibility index (Phi) is 5.74. The summed E-state index contributed by atoms with van der Waals surface area (Å²) < 4.78 is 113. The molecular formula is C57H34N4O2. The van der Waals surface area contributed by atoms with Gasteiger partial charge in [-0.05, 0) is 76.8 Å². The van der Waals surface area contributed by atoms with E-state index in [-0.39, 0.29) is 96.6 Å². The summed E-state index contributed by atoms with van der Waals surface area (Å²) in [6.07, 6.45) is 0. The number of benzene rings is 9. The third-order valence-corrected chi connectivity index (χ3v) is 11.5. The predicted molar refractivity (Wildman–Crippen MR) is 256 cm³/mol. The molecule has 0 amide bonds. The van der Waals surface area contributed by atoms with Crippen molar-refractivity contribution in [2.75, 3.05) is 0 Å². The molecule has 294 valence electrons. The predicted octanol–water partition coefficient (Wildman–Crippen LogP) is 15.1. The van der Waals surface area contributed by atoms with Crippen molar-refractivity contribution in [2.24, 2.45) is 0 Å². The van der Waals surface area contributed by atoms with Gasteiger partial charge >= 0.3 is 0 Å². The third-order valence-electron chi connectivity index (χ3n) is 11.5. The van der Waals surface area contributed by atoms with E-state index in [4.69, 9.17) is 34.8 Å². The summed E-state index contributed by atoms with van der Waals surface area (Å²) in [7, 11) is 0. The maximum Gasteiger partial charge on any atom is 0.164 e. The van der Waals surface area contributed by atoms with Crippen molar-refractivity contribution in [1.82, 2.24) is 19.5 Å². The van der Waals surface area contributed by atoms with E-state index in [0.29, 0.717) is 22.3 Å². The standard InChI is InChI=1S/C57H34N4O2/c1-3-13-35(14-4-1)36-25-27-37(28-26-36)41-19-11-23-49-53(41)44-31-29-39(33-51(44)62-49)56-58-55(38-15-5-2-6-16-38)59-57(60-56)40-30-32-45-52(34-40)63-50-24-12-22-48(54(45)50)61-46-20-9-7-17-42(46)43-18-8-10-21-47(43)61/h1-34H/i7D,8D,9D,12D,17D,18D,20D,22D,24D,30D,34D. The van der Waals surface area contributed by atoms with Crippen LogP contribution in [-0.4, -0.2) is 19.5 Å². The lowest BCUT2D eigenvalue weighted by molar-refractivity contribution is 0.668. The zero-order valence-electron chi connectivity index (χ0n) is 43.9. The average molecular weight is 818 g/mol. The molecule has 4 heterocycles. The molecule has 13 aromatic rings. The summed E-state index contributed by atoms with van der Waals surface area (Å²) in [6, 6.07) is 39.0. The molecule has 0 aliphatic heterocycles. The summed E-state index contributed by atoms with van der Waals surface area (Å²) in [5, 5.41) is 1.92. The lowest BCUT2D eigenvalue weighted by Gasteiger charge is -2.10. The smallest absolute Gasteiger partial charge is 0.164 e. The zero-order chi connectivity index (χ0) is 51.0. The van der Waals surface area contributed by atoms with Crippen molar-refractivity contribution in [1.29, 1.82) is 0 Å². The van der Waals surface area contributed by atoms with Crippen LogP contribution < -0.4 is 0 Å². The van der Waals surface area contributed by atoms with E-state index in [1.165, 1.54) is 22.8 Å². The van der Waals surface area contributed by atoms with Crippen LogP contribution in [0.15, 0.2) is 215 Å². The number of fused-ring (bicyclic) bond motifs is 9. The largest absolute Gasteiger partial charge is 0.456 e. The minimum absolute atomic E-state index is 0.0278. The third kappa shape index (κ3) is 5.69. The van der Waals surface area contributed by atoms with E-state index in [9.17, 15) is 4.11 Å². The van der Waals surface area contributed by atoms with Crippen molar-refractivity contribution in [2.45, 2.75) is 0 Å². The first-order valence-corrected chi connectivity index (χ1v) is 20.2. The quantitative estimate of drug-likeness (QED) is 0.167. The van der Waals surface area contributed by atoms with Gasteiger partial charge in [0.25, 0.3) is 0 Å². The Morgan fingerprint density at radius 1 is 0.381 bits per heavy atom. The van der Waals surface area contributed by atoms with Gasteiger partial charge in [0.05, 0.1) is 37.2 Å². The number of aromatic nitrogens is 4. The highest BCUT2D eigenvalue weighted by Gasteiger charge is 2.20. The molecule has 0 N–H and O–H groups in total. The second-order valence-electron chi connectivity index (χ2n) is 15.1. The van der Waals surface area contributed by atoms with Crippen molar-refractivity contribution < 1.29 is 23.9 Å². The molecule has 6 heteroatoms. The fourth-order valence-electron chi connectivity index (χ4n) is 8.57. The molecule has 13 rings (SSSR count). The maximum absolute atomic E-state index is 9.73. The Labute approximate surface area is 376 Å². The second kappa shape index (κ2) is 14.0. The van der Waals surface area contributed by atoms with Gasteiger partial charge < -0.3 is 13.4 Å².